The van der Waals surface area contributed by atoms with Crippen molar-refractivity contribution >= 4 is 11.6 Å². The molecule has 102 valence electrons. The minimum atomic E-state index is 0.0130. The number of nitrogens with one attached hydrogen (secondary N) is 1. The Balaban J connectivity index is 1.60. The van der Waals surface area contributed by atoms with Gasteiger partial charge in [-0.3, -0.25) is 15.5 Å². The van der Waals surface area contributed by atoms with Crippen molar-refractivity contribution in [3.05, 3.63) is 24.0 Å². The summed E-state index contributed by atoms with van der Waals surface area (Å²) in [5.74, 6) is 5.29. The third kappa shape index (κ3) is 2.69. The van der Waals surface area contributed by atoms with Gasteiger partial charge in [0.15, 0.2) is 0 Å². The SMILES string of the molecule is NNc1ccc(C(=O)N2CCN(C3CC3)CC2)nc1. The number of hydrogen-bond donors (Lipinski definition) is 2. The van der Waals surface area contributed by atoms with Crippen LogP contribution in [0.2, 0.25) is 0 Å². The van der Waals surface area contributed by atoms with Gasteiger partial charge < -0.3 is 10.3 Å². The molecule has 1 aliphatic heterocycles. The normalized spacial score (nSPS) is 20.4. The number of carbonyl (C=O) groups excluding carboxylic acids is 1. The number of rotatable bonds is 3. The summed E-state index contributed by atoms with van der Waals surface area (Å²) in [6, 6.07) is 4.26. The van der Waals surface area contributed by atoms with E-state index >= 15 is 0 Å². The smallest absolute Gasteiger partial charge is 0.272 e. The van der Waals surface area contributed by atoms with Gasteiger partial charge in [0.2, 0.25) is 0 Å². The summed E-state index contributed by atoms with van der Waals surface area (Å²) >= 11 is 0. The van der Waals surface area contributed by atoms with Crippen molar-refractivity contribution in [3.63, 3.8) is 0 Å². The fraction of sp³-hybridized carbons (Fsp3) is 0.538. The highest BCUT2D eigenvalue weighted by molar-refractivity contribution is 5.92. The summed E-state index contributed by atoms with van der Waals surface area (Å²) in [6.45, 7) is 3.57. The Hall–Kier alpha value is -1.66. The second-order valence-electron chi connectivity index (χ2n) is 5.14. The van der Waals surface area contributed by atoms with Crippen LogP contribution in [0.3, 0.4) is 0 Å². The maximum absolute atomic E-state index is 12.3. The van der Waals surface area contributed by atoms with Gasteiger partial charge in [-0.25, -0.2) is 4.98 Å². The van der Waals surface area contributed by atoms with Gasteiger partial charge in [0.1, 0.15) is 5.69 Å². The number of amides is 1. The molecular weight excluding hydrogens is 242 g/mol. The zero-order valence-corrected chi connectivity index (χ0v) is 10.9. The number of anilines is 1. The number of nitrogens with zero attached hydrogens (tertiary/aromatic N) is 3. The summed E-state index contributed by atoms with van der Waals surface area (Å²) in [4.78, 5) is 20.8. The lowest BCUT2D eigenvalue weighted by Gasteiger charge is -2.34. The lowest BCUT2D eigenvalue weighted by atomic mass is 10.2. The monoisotopic (exact) mass is 261 g/mol. The summed E-state index contributed by atoms with van der Waals surface area (Å²) in [6.07, 6.45) is 4.22. The van der Waals surface area contributed by atoms with Gasteiger partial charge in [0.05, 0.1) is 11.9 Å². The van der Waals surface area contributed by atoms with Crippen LogP contribution in [0.15, 0.2) is 18.3 Å². The van der Waals surface area contributed by atoms with Gasteiger partial charge in [-0.15, -0.1) is 0 Å². The van der Waals surface area contributed by atoms with Gasteiger partial charge in [-0.1, -0.05) is 0 Å². The molecular formula is C13H19N5O. The molecule has 0 unspecified atom stereocenters. The average molecular weight is 261 g/mol. The van der Waals surface area contributed by atoms with E-state index < -0.39 is 0 Å². The molecule has 2 heterocycles. The van der Waals surface area contributed by atoms with Gasteiger partial charge in [-0.2, -0.15) is 0 Å². The van der Waals surface area contributed by atoms with Gasteiger partial charge >= 0.3 is 0 Å². The van der Waals surface area contributed by atoms with Crippen LogP contribution in [0, 0.1) is 0 Å². The molecule has 1 saturated heterocycles. The van der Waals surface area contributed by atoms with Crippen molar-refractivity contribution in [2.75, 3.05) is 31.6 Å². The predicted octanol–water partition coefficient (Wildman–Crippen LogP) is 0.287. The first-order valence-electron chi connectivity index (χ1n) is 6.74. The highest BCUT2D eigenvalue weighted by atomic mass is 16.2. The first-order valence-corrected chi connectivity index (χ1v) is 6.74. The standard InChI is InChI=1S/C13H19N5O/c14-16-10-1-4-12(15-9-10)13(19)18-7-5-17(6-8-18)11-2-3-11/h1,4,9,11,16H,2-3,5-8,14H2. The molecule has 6 nitrogen and oxygen atoms in total. The average Bonchev–Trinajstić information content (AvgIpc) is 3.31. The lowest BCUT2D eigenvalue weighted by molar-refractivity contribution is 0.0621. The molecule has 3 rings (SSSR count). The van der Waals surface area contributed by atoms with Crippen molar-refractivity contribution in [1.29, 1.82) is 0 Å². The number of hydrogen-bond acceptors (Lipinski definition) is 5. The number of carbonyl (C=O) groups is 1. The van der Waals surface area contributed by atoms with Crippen LogP contribution in [-0.4, -0.2) is 52.9 Å². The molecule has 1 aliphatic carbocycles. The molecule has 1 aromatic heterocycles. The van der Waals surface area contributed by atoms with Crippen LogP contribution in [0.1, 0.15) is 23.3 Å². The maximum Gasteiger partial charge on any atom is 0.272 e. The first-order chi connectivity index (χ1) is 9.28. The quantitative estimate of drug-likeness (QED) is 0.604. The van der Waals surface area contributed by atoms with E-state index in [-0.39, 0.29) is 5.91 Å². The number of piperazine rings is 1. The molecule has 2 fully saturated rings. The van der Waals surface area contributed by atoms with Crippen molar-refractivity contribution < 1.29 is 4.79 Å². The molecule has 0 bridgehead atoms. The van der Waals surface area contributed by atoms with Gasteiger partial charge in [0.25, 0.3) is 5.91 Å². The maximum atomic E-state index is 12.3. The zero-order valence-electron chi connectivity index (χ0n) is 10.9. The molecule has 0 aromatic carbocycles. The Morgan fingerprint density at radius 1 is 1.26 bits per heavy atom. The van der Waals surface area contributed by atoms with E-state index in [0.29, 0.717) is 11.4 Å². The minimum absolute atomic E-state index is 0.0130. The van der Waals surface area contributed by atoms with Crippen LogP contribution < -0.4 is 11.3 Å². The number of hydrazine groups is 1. The topological polar surface area (TPSA) is 74.5 Å². The van der Waals surface area contributed by atoms with Crippen LogP contribution in [-0.2, 0) is 0 Å². The number of nitrogen functional groups attached to an aromatic ring is 1. The first kappa shape index (κ1) is 12.4. The molecule has 1 aromatic rings. The van der Waals surface area contributed by atoms with Gasteiger partial charge in [-0.05, 0) is 25.0 Å². The number of pyridine rings is 1. The molecule has 1 saturated carbocycles. The molecule has 0 atom stereocenters. The van der Waals surface area contributed by atoms with E-state index in [1.807, 2.05) is 4.90 Å². The molecule has 2 aliphatic rings. The summed E-state index contributed by atoms with van der Waals surface area (Å²) in [7, 11) is 0. The fourth-order valence-corrected chi connectivity index (χ4v) is 2.50. The third-order valence-corrected chi connectivity index (χ3v) is 3.81. The number of aromatic nitrogens is 1. The van der Waals surface area contributed by atoms with Crippen LogP contribution in [0.5, 0.6) is 0 Å². The van der Waals surface area contributed by atoms with Crippen LogP contribution in [0.25, 0.3) is 0 Å². The van der Waals surface area contributed by atoms with Crippen molar-refractivity contribution in [3.8, 4) is 0 Å². The fourth-order valence-electron chi connectivity index (χ4n) is 2.50. The summed E-state index contributed by atoms with van der Waals surface area (Å²) in [5.41, 5.74) is 3.69. The summed E-state index contributed by atoms with van der Waals surface area (Å²) < 4.78 is 0. The van der Waals surface area contributed by atoms with Crippen molar-refractivity contribution in [1.82, 2.24) is 14.8 Å². The summed E-state index contributed by atoms with van der Waals surface area (Å²) in [5, 5.41) is 0. The van der Waals surface area contributed by atoms with E-state index in [1.165, 1.54) is 12.8 Å². The highest BCUT2D eigenvalue weighted by Crippen LogP contribution is 2.27. The van der Waals surface area contributed by atoms with E-state index in [2.05, 4.69) is 15.3 Å². The van der Waals surface area contributed by atoms with Crippen molar-refractivity contribution in [2.24, 2.45) is 5.84 Å². The Kier molecular flexibility index (Phi) is 3.35. The second-order valence-corrected chi connectivity index (χ2v) is 5.14. The van der Waals surface area contributed by atoms with E-state index in [9.17, 15) is 4.79 Å². The third-order valence-electron chi connectivity index (χ3n) is 3.81. The van der Waals surface area contributed by atoms with E-state index in [4.69, 9.17) is 5.84 Å². The molecule has 0 radical (unpaired) electrons. The second kappa shape index (κ2) is 5.14. The van der Waals surface area contributed by atoms with Gasteiger partial charge in [0, 0.05) is 32.2 Å². The number of nitrogens with two attached hydrogens (primary N) is 1. The Labute approximate surface area is 112 Å². The lowest BCUT2D eigenvalue weighted by Crippen LogP contribution is -2.49. The molecule has 1 amide bonds. The Morgan fingerprint density at radius 2 is 2.00 bits per heavy atom. The molecule has 6 heteroatoms. The van der Waals surface area contributed by atoms with E-state index in [1.54, 1.807) is 18.3 Å². The van der Waals surface area contributed by atoms with Crippen LogP contribution in [0.4, 0.5) is 5.69 Å². The predicted molar refractivity (Wildman–Crippen MR) is 72.5 cm³/mol. The zero-order chi connectivity index (χ0) is 13.2. The highest BCUT2D eigenvalue weighted by Gasteiger charge is 2.32. The minimum Gasteiger partial charge on any atom is -0.335 e. The molecule has 19 heavy (non-hydrogen) atoms. The molecule has 0 spiro atoms. The Morgan fingerprint density at radius 3 is 2.53 bits per heavy atom. The Bertz CT molecular complexity index is 449. The van der Waals surface area contributed by atoms with E-state index in [0.717, 1.165) is 32.2 Å². The largest absolute Gasteiger partial charge is 0.335 e. The van der Waals surface area contributed by atoms with Crippen molar-refractivity contribution in [2.45, 2.75) is 18.9 Å². The van der Waals surface area contributed by atoms with Crippen LogP contribution >= 0.6 is 0 Å². The molecule has 3 N–H and O–H groups in total.